The standard InChI is InChI=1S/C36H43S2.C28H27OS.2C25H21OS.C24H19OS/c1-34(2,3)26-10-16-29(17-11-26)37-30-18-24-33(25-19-30)38(31-20-12-27(13-21-31)35(4,5)6)32-22-14-28(15-23-32)36(7,8)9;1-28(2,3)22-14-16-23(17-15-22)29-24-18-20-27(21-19-24)30(25-10-6-4-7-11-25)26-12-8-5-9-13-26;1-20-12-16-24(17-13-20)27(23-10-6-3-7-11-23)25-18-14-22(15-19-25)26-21-8-4-2-5-9-21;1-20-12-14-21(15-13-20)26-22-16-18-25(19-17-22)27(23-8-4-2-5-9-23)24-10-6-3-7-11-24;1-4-10-20(11-5-1)25-21-16-18-24(19-17-21)26(22-12-6-2-7-13-22)23-14-8-3-9-15-23/h10-25H,1-9H3;4-21H,1-3H3;2*2-19H,1H3;1-19H/q5*+1. The molecule has 0 saturated heterocycles. The molecule has 1 unspecified atom stereocenters. The van der Waals surface area contributed by atoms with Crippen LogP contribution < -0.4 is 18.9 Å². The van der Waals surface area contributed by atoms with Crippen LogP contribution in [-0.4, -0.2) is 0 Å². The maximum absolute atomic E-state index is 6.10. The molecule has 0 aliphatic heterocycles. The van der Waals surface area contributed by atoms with E-state index >= 15 is 0 Å². The third-order valence-electron chi connectivity index (χ3n) is 24.4. The highest BCUT2D eigenvalue weighted by Crippen LogP contribution is 2.43. The lowest BCUT2D eigenvalue weighted by atomic mass is 9.87. The van der Waals surface area contributed by atoms with Gasteiger partial charge in [0.1, 0.15) is 46.0 Å². The average molecular weight is 2050 g/mol. The van der Waals surface area contributed by atoms with E-state index in [1.807, 2.05) is 109 Å². The summed E-state index contributed by atoms with van der Waals surface area (Å²) in [6.45, 7) is 31.3. The number of hydrogen-bond acceptors (Lipinski definition) is 5. The van der Waals surface area contributed by atoms with Gasteiger partial charge in [-0.05, 0) is 361 Å². The first-order valence-electron chi connectivity index (χ1n) is 50.3. The summed E-state index contributed by atoms with van der Waals surface area (Å²) in [5, 5.41) is 0. The van der Waals surface area contributed by atoms with Gasteiger partial charge in [0.2, 0.25) is 0 Å². The zero-order chi connectivity index (χ0) is 103. The summed E-state index contributed by atoms with van der Waals surface area (Å²) >= 11 is 1.83. The lowest BCUT2D eigenvalue weighted by molar-refractivity contribution is 0.481. The summed E-state index contributed by atoms with van der Waals surface area (Å²) < 4.78 is 23.9. The van der Waals surface area contributed by atoms with Crippen LogP contribution in [0.3, 0.4) is 0 Å². The first-order chi connectivity index (χ1) is 71.7. The number of benzene rings is 20. The van der Waals surface area contributed by atoms with E-state index in [9.17, 15) is 0 Å². The lowest BCUT2D eigenvalue weighted by Crippen LogP contribution is -2.13. The molecule has 0 N–H and O–H groups in total. The van der Waals surface area contributed by atoms with Crippen molar-refractivity contribution in [1.82, 2.24) is 0 Å². The highest BCUT2D eigenvalue weighted by molar-refractivity contribution is 7.99. The van der Waals surface area contributed by atoms with Crippen molar-refractivity contribution in [1.29, 1.82) is 0 Å². The van der Waals surface area contributed by atoms with E-state index in [0.717, 1.165) is 46.0 Å². The van der Waals surface area contributed by atoms with Crippen molar-refractivity contribution in [2.75, 3.05) is 0 Å². The fourth-order valence-electron chi connectivity index (χ4n) is 16.3. The van der Waals surface area contributed by atoms with Gasteiger partial charge in [0.05, 0.1) is 54.5 Å². The van der Waals surface area contributed by atoms with Gasteiger partial charge in [-0.25, -0.2) is 0 Å². The first-order valence-corrected chi connectivity index (χ1v) is 57.3. The minimum absolute atomic E-state index is 0.125. The number of ether oxygens (including phenoxy) is 4. The molecule has 0 aliphatic rings. The molecular weight excluding hydrogens is 1910 g/mol. The van der Waals surface area contributed by atoms with E-state index in [1.165, 1.54) is 117 Å². The average Bonchev–Trinajstić information content (AvgIpc) is 0.823. The fraction of sp³-hybridized carbons (Fsp3) is 0.130. The molecule has 0 aliphatic carbocycles. The van der Waals surface area contributed by atoms with Gasteiger partial charge in [-0.1, -0.05) is 343 Å². The summed E-state index contributed by atoms with van der Waals surface area (Å²) in [6, 6.07) is 191. The second-order valence-electron chi connectivity index (χ2n) is 39.9. The zero-order valence-corrected chi connectivity index (χ0v) is 91.9. The molecule has 738 valence electrons. The molecule has 0 spiro atoms. The van der Waals surface area contributed by atoms with Crippen molar-refractivity contribution >= 4 is 66.2 Å². The molecular formula is C138H131O4S6+5. The van der Waals surface area contributed by atoms with Crippen LogP contribution in [0.2, 0.25) is 0 Å². The quantitative estimate of drug-likeness (QED) is 0.0533. The van der Waals surface area contributed by atoms with Gasteiger partial charge in [-0.3, -0.25) is 0 Å². The fourth-order valence-corrected chi connectivity index (χ4v) is 27.5. The van der Waals surface area contributed by atoms with Crippen LogP contribution in [0, 0.1) is 13.8 Å². The monoisotopic (exact) mass is 2040 g/mol. The van der Waals surface area contributed by atoms with Gasteiger partial charge in [-0.15, -0.1) is 0 Å². The Hall–Kier alpha value is -14.3. The van der Waals surface area contributed by atoms with Gasteiger partial charge in [-0.2, -0.15) is 0 Å². The van der Waals surface area contributed by atoms with Gasteiger partial charge >= 0.3 is 0 Å². The number of aryl methyl sites for hydroxylation is 2. The Kier molecular flexibility index (Phi) is 36.9. The Morgan fingerprint density at radius 2 is 0.257 bits per heavy atom. The predicted molar refractivity (Wildman–Crippen MR) is 628 cm³/mol. The molecule has 20 rings (SSSR count). The SMILES string of the molecule is CC(C)(C)c1ccc(Oc2ccc([S+](c3ccccc3)c3ccccc3)cc2)cc1.CC(C)(C)c1ccc(Sc2ccc([S+](c3ccc(C(C)(C)C)cc3)c3ccc(C(C)(C)C)cc3)cc2)cc1.Cc1ccc(Oc2ccc([S+](c3ccccc3)c3ccccc3)cc2)cc1.Cc1ccc([S+](c2ccccc2)c2ccc(Oc3ccccc3)cc2)cc1.c1ccc(Oc2ccc([S+](c3ccccc3)c3ccccc3)cc2)cc1. The molecule has 10 heteroatoms. The van der Waals surface area contributed by atoms with Crippen molar-refractivity contribution in [2.24, 2.45) is 0 Å². The van der Waals surface area contributed by atoms with E-state index in [2.05, 4.69) is 540 Å². The largest absolute Gasteiger partial charge is 0.457 e. The smallest absolute Gasteiger partial charge is 0.166 e. The topological polar surface area (TPSA) is 36.9 Å². The Bertz CT molecular complexity index is 7200. The van der Waals surface area contributed by atoms with Gasteiger partial charge in [0.25, 0.3) is 0 Å². The molecule has 20 aromatic rings. The maximum Gasteiger partial charge on any atom is 0.166 e. The Labute approximate surface area is 898 Å². The Morgan fingerprint density at radius 1 is 0.135 bits per heavy atom. The summed E-state index contributed by atoms with van der Waals surface area (Å²) in [4.78, 5) is 22.3. The van der Waals surface area contributed by atoms with E-state index in [0.29, 0.717) is 0 Å². The normalized spacial score (nSPS) is 11.6. The number of hydrogen-bond donors (Lipinski definition) is 0. The number of para-hydroxylation sites is 2. The third-order valence-corrected chi connectivity index (χ3v) is 36.6. The van der Waals surface area contributed by atoms with Gasteiger partial charge in [0, 0.05) is 9.79 Å². The molecule has 0 radical (unpaired) electrons. The van der Waals surface area contributed by atoms with Crippen molar-refractivity contribution in [3.63, 3.8) is 0 Å². The van der Waals surface area contributed by atoms with Crippen LogP contribution in [0.1, 0.15) is 116 Å². The van der Waals surface area contributed by atoms with Crippen molar-refractivity contribution in [3.8, 4) is 46.0 Å². The van der Waals surface area contributed by atoms with Crippen molar-refractivity contribution in [2.45, 2.75) is 202 Å². The highest BCUT2D eigenvalue weighted by Gasteiger charge is 2.35. The third kappa shape index (κ3) is 30.5. The van der Waals surface area contributed by atoms with E-state index in [-0.39, 0.29) is 76.1 Å². The van der Waals surface area contributed by atoms with Crippen LogP contribution in [0.4, 0.5) is 0 Å². The summed E-state index contributed by atoms with van der Waals surface area (Å²) in [5.74, 6) is 6.84. The molecule has 0 bridgehead atoms. The summed E-state index contributed by atoms with van der Waals surface area (Å²) in [7, 11) is -0.686. The Morgan fingerprint density at radius 3 is 0.453 bits per heavy atom. The molecule has 0 saturated carbocycles. The summed E-state index contributed by atoms with van der Waals surface area (Å²) in [5.41, 5.74) is 8.55. The van der Waals surface area contributed by atoms with Crippen LogP contribution in [0.5, 0.6) is 46.0 Å². The second-order valence-corrected chi connectivity index (χ2v) is 51.2. The number of rotatable bonds is 25. The molecule has 148 heavy (non-hydrogen) atoms. The van der Waals surface area contributed by atoms with E-state index < -0.39 is 0 Å². The van der Waals surface area contributed by atoms with Crippen molar-refractivity contribution in [3.05, 3.63) is 573 Å². The molecule has 0 aromatic heterocycles. The van der Waals surface area contributed by atoms with E-state index in [1.54, 1.807) is 0 Å². The molecule has 0 amide bonds. The maximum atomic E-state index is 6.10. The summed E-state index contributed by atoms with van der Waals surface area (Å²) in [6.07, 6.45) is 0. The molecule has 0 fully saturated rings. The van der Waals surface area contributed by atoms with Crippen LogP contribution in [0.25, 0.3) is 0 Å². The van der Waals surface area contributed by atoms with Crippen molar-refractivity contribution < 1.29 is 18.9 Å². The minimum atomic E-state index is -0.162. The van der Waals surface area contributed by atoms with Crippen LogP contribution >= 0.6 is 11.8 Å². The highest BCUT2D eigenvalue weighted by atomic mass is 32.2. The lowest BCUT2D eigenvalue weighted by Gasteiger charge is -2.20. The van der Waals surface area contributed by atoms with Gasteiger partial charge < -0.3 is 18.9 Å². The first kappa shape index (κ1) is 106. The zero-order valence-electron chi connectivity index (χ0n) is 87.0. The Balaban J connectivity index is 0.000000133. The van der Waals surface area contributed by atoms with Crippen LogP contribution in [0.15, 0.2) is 623 Å². The predicted octanol–water partition coefficient (Wildman–Crippen LogP) is 39.0. The van der Waals surface area contributed by atoms with Gasteiger partial charge in [0.15, 0.2) is 73.4 Å². The minimum Gasteiger partial charge on any atom is -0.457 e. The molecule has 4 nitrogen and oxygen atoms in total. The molecule has 1 atom stereocenters. The molecule has 20 aromatic carbocycles. The van der Waals surface area contributed by atoms with E-state index in [4.69, 9.17) is 18.9 Å². The van der Waals surface area contributed by atoms with Crippen LogP contribution in [-0.2, 0) is 76.1 Å². The second kappa shape index (κ2) is 51.4. The molecule has 0 heterocycles.